The van der Waals surface area contributed by atoms with Crippen LogP contribution >= 0.6 is 12.4 Å². The van der Waals surface area contributed by atoms with Crippen molar-refractivity contribution in [1.29, 1.82) is 0 Å². The van der Waals surface area contributed by atoms with Crippen LogP contribution in [0.1, 0.15) is 25.5 Å². The Hall–Kier alpha value is -0.970. The fourth-order valence-corrected chi connectivity index (χ4v) is 1.53. The van der Waals surface area contributed by atoms with Crippen LogP contribution in [-0.4, -0.2) is 23.4 Å². The van der Waals surface area contributed by atoms with E-state index in [1.165, 1.54) is 13.2 Å². The van der Waals surface area contributed by atoms with E-state index in [2.05, 4.69) is 0 Å². The van der Waals surface area contributed by atoms with Crippen molar-refractivity contribution in [3.8, 4) is 11.5 Å². The molecular formula is C12H20ClNO3. The number of rotatable bonds is 4. The highest BCUT2D eigenvalue weighted by Crippen LogP contribution is 2.30. The van der Waals surface area contributed by atoms with E-state index in [1.54, 1.807) is 12.1 Å². The SMILES string of the molecule is COc1ccc([C@H](N)[C@H](O)C(C)C)c(O)c1.Cl. The molecule has 0 aromatic heterocycles. The summed E-state index contributed by atoms with van der Waals surface area (Å²) in [7, 11) is 1.53. The standard InChI is InChI=1S/C12H19NO3.ClH/c1-7(2)12(15)11(13)9-5-4-8(16-3)6-10(9)14;/h4-7,11-12,14-15H,13H2,1-3H3;1H/t11-,12+;/m0./s1. The van der Waals surface area contributed by atoms with E-state index in [4.69, 9.17) is 10.5 Å². The normalized spacial score (nSPS) is 14.0. The number of aliphatic hydroxyl groups excluding tert-OH is 1. The van der Waals surface area contributed by atoms with Gasteiger partial charge >= 0.3 is 0 Å². The molecule has 0 saturated carbocycles. The first-order valence-corrected chi connectivity index (χ1v) is 5.28. The second-order valence-electron chi connectivity index (χ2n) is 4.19. The van der Waals surface area contributed by atoms with E-state index in [0.29, 0.717) is 11.3 Å². The number of phenols is 1. The molecule has 2 atom stereocenters. The third-order valence-corrected chi connectivity index (χ3v) is 2.65. The summed E-state index contributed by atoms with van der Waals surface area (Å²) in [5.41, 5.74) is 6.41. The van der Waals surface area contributed by atoms with Crippen molar-refractivity contribution in [3.05, 3.63) is 23.8 Å². The molecular weight excluding hydrogens is 242 g/mol. The molecule has 1 aromatic rings. The average Bonchev–Trinajstić information content (AvgIpc) is 2.26. The first-order valence-electron chi connectivity index (χ1n) is 5.28. The van der Waals surface area contributed by atoms with Crippen molar-refractivity contribution < 1.29 is 14.9 Å². The van der Waals surface area contributed by atoms with Crippen molar-refractivity contribution in [2.75, 3.05) is 7.11 Å². The smallest absolute Gasteiger partial charge is 0.124 e. The Balaban J connectivity index is 0.00000256. The van der Waals surface area contributed by atoms with Gasteiger partial charge in [-0.1, -0.05) is 13.8 Å². The predicted molar refractivity (Wildman–Crippen MR) is 69.7 cm³/mol. The topological polar surface area (TPSA) is 75.7 Å². The molecule has 0 aliphatic rings. The van der Waals surface area contributed by atoms with Crippen LogP contribution < -0.4 is 10.5 Å². The first kappa shape index (κ1) is 16.0. The van der Waals surface area contributed by atoms with Crippen LogP contribution in [0.25, 0.3) is 0 Å². The van der Waals surface area contributed by atoms with Crippen molar-refractivity contribution in [3.63, 3.8) is 0 Å². The summed E-state index contributed by atoms with van der Waals surface area (Å²) in [5, 5.41) is 19.6. The van der Waals surface area contributed by atoms with E-state index in [1.807, 2.05) is 13.8 Å². The summed E-state index contributed by atoms with van der Waals surface area (Å²) in [6.07, 6.45) is -0.681. The lowest BCUT2D eigenvalue weighted by atomic mass is 9.94. The minimum absolute atomic E-state index is 0. The zero-order chi connectivity index (χ0) is 12.3. The van der Waals surface area contributed by atoms with Crippen LogP contribution in [0.5, 0.6) is 11.5 Å². The van der Waals surface area contributed by atoms with Crippen molar-refractivity contribution >= 4 is 12.4 Å². The highest BCUT2D eigenvalue weighted by Gasteiger charge is 2.22. The number of benzene rings is 1. The molecule has 0 spiro atoms. The van der Waals surface area contributed by atoms with Crippen molar-refractivity contribution in [2.45, 2.75) is 26.0 Å². The fraction of sp³-hybridized carbons (Fsp3) is 0.500. The maximum absolute atomic E-state index is 9.83. The van der Waals surface area contributed by atoms with Gasteiger partial charge < -0.3 is 20.7 Å². The van der Waals surface area contributed by atoms with Gasteiger partial charge in [0.1, 0.15) is 11.5 Å². The fourth-order valence-electron chi connectivity index (χ4n) is 1.53. The zero-order valence-corrected chi connectivity index (χ0v) is 11.1. The molecule has 4 N–H and O–H groups in total. The zero-order valence-electron chi connectivity index (χ0n) is 10.3. The monoisotopic (exact) mass is 261 g/mol. The van der Waals surface area contributed by atoms with Gasteiger partial charge in [0, 0.05) is 11.6 Å². The van der Waals surface area contributed by atoms with Gasteiger partial charge in [0.25, 0.3) is 0 Å². The van der Waals surface area contributed by atoms with Gasteiger partial charge in [0.15, 0.2) is 0 Å². The molecule has 0 bridgehead atoms. The highest BCUT2D eigenvalue weighted by atomic mass is 35.5. The number of nitrogens with two attached hydrogens (primary N) is 1. The summed E-state index contributed by atoms with van der Waals surface area (Å²) >= 11 is 0. The van der Waals surface area contributed by atoms with Gasteiger partial charge in [-0.05, 0) is 18.1 Å². The number of halogens is 1. The minimum Gasteiger partial charge on any atom is -0.507 e. The summed E-state index contributed by atoms with van der Waals surface area (Å²) < 4.78 is 4.97. The number of hydrogen-bond acceptors (Lipinski definition) is 4. The Morgan fingerprint density at radius 1 is 1.29 bits per heavy atom. The van der Waals surface area contributed by atoms with Gasteiger partial charge in [-0.3, -0.25) is 0 Å². The Morgan fingerprint density at radius 3 is 2.29 bits per heavy atom. The molecule has 98 valence electrons. The molecule has 0 amide bonds. The van der Waals surface area contributed by atoms with Gasteiger partial charge in [0.05, 0.1) is 19.3 Å². The average molecular weight is 262 g/mol. The lowest BCUT2D eigenvalue weighted by Gasteiger charge is -2.23. The van der Waals surface area contributed by atoms with Crippen LogP contribution in [-0.2, 0) is 0 Å². The lowest BCUT2D eigenvalue weighted by Crippen LogP contribution is -2.30. The molecule has 1 aromatic carbocycles. The second kappa shape index (κ2) is 6.69. The Labute approximate surface area is 108 Å². The Morgan fingerprint density at radius 2 is 1.88 bits per heavy atom. The predicted octanol–water partition coefficient (Wildman–Crippen LogP) is 1.84. The van der Waals surface area contributed by atoms with E-state index in [-0.39, 0.29) is 24.1 Å². The molecule has 0 saturated heterocycles. The molecule has 1 rings (SSSR count). The number of ether oxygens (including phenoxy) is 1. The van der Waals surface area contributed by atoms with E-state index >= 15 is 0 Å². The number of hydrogen-bond donors (Lipinski definition) is 3. The van der Waals surface area contributed by atoms with Crippen LogP contribution in [0.15, 0.2) is 18.2 Å². The van der Waals surface area contributed by atoms with Gasteiger partial charge in [0.2, 0.25) is 0 Å². The summed E-state index contributed by atoms with van der Waals surface area (Å²) in [4.78, 5) is 0. The van der Waals surface area contributed by atoms with Gasteiger partial charge in [-0.25, -0.2) is 0 Å². The molecule has 5 heteroatoms. The number of methoxy groups -OCH3 is 1. The molecule has 0 unspecified atom stereocenters. The Kier molecular flexibility index (Phi) is 6.31. The van der Waals surface area contributed by atoms with E-state index in [0.717, 1.165) is 0 Å². The van der Waals surface area contributed by atoms with Crippen molar-refractivity contribution in [2.24, 2.45) is 11.7 Å². The van der Waals surface area contributed by atoms with E-state index in [9.17, 15) is 10.2 Å². The number of aliphatic hydroxyl groups is 1. The molecule has 4 nitrogen and oxygen atoms in total. The second-order valence-corrected chi connectivity index (χ2v) is 4.19. The number of phenolic OH excluding ortho intramolecular Hbond substituents is 1. The molecule has 17 heavy (non-hydrogen) atoms. The Bertz CT molecular complexity index is 358. The van der Waals surface area contributed by atoms with Crippen LogP contribution in [0.4, 0.5) is 0 Å². The maximum atomic E-state index is 9.83. The maximum Gasteiger partial charge on any atom is 0.124 e. The first-order chi connectivity index (χ1) is 7.47. The van der Waals surface area contributed by atoms with Crippen LogP contribution in [0, 0.1) is 5.92 Å². The quantitative estimate of drug-likeness (QED) is 0.773. The largest absolute Gasteiger partial charge is 0.507 e. The molecule has 0 aliphatic carbocycles. The summed E-state index contributed by atoms with van der Waals surface area (Å²) in [6, 6.07) is 4.28. The molecule has 0 fully saturated rings. The molecule has 0 heterocycles. The van der Waals surface area contributed by atoms with Gasteiger partial charge in [-0.2, -0.15) is 0 Å². The molecule has 0 radical (unpaired) electrons. The van der Waals surface area contributed by atoms with Crippen LogP contribution in [0.3, 0.4) is 0 Å². The summed E-state index contributed by atoms with van der Waals surface area (Å²) in [5.74, 6) is 0.649. The van der Waals surface area contributed by atoms with Crippen LogP contribution in [0.2, 0.25) is 0 Å². The molecule has 0 aliphatic heterocycles. The lowest BCUT2D eigenvalue weighted by molar-refractivity contribution is 0.0969. The number of aromatic hydroxyl groups is 1. The highest BCUT2D eigenvalue weighted by molar-refractivity contribution is 5.85. The minimum atomic E-state index is -0.681. The van der Waals surface area contributed by atoms with Crippen molar-refractivity contribution in [1.82, 2.24) is 0 Å². The summed E-state index contributed by atoms with van der Waals surface area (Å²) in [6.45, 7) is 3.76. The third-order valence-electron chi connectivity index (χ3n) is 2.65. The van der Waals surface area contributed by atoms with E-state index < -0.39 is 12.1 Å². The van der Waals surface area contributed by atoms with Gasteiger partial charge in [-0.15, -0.1) is 12.4 Å². The third kappa shape index (κ3) is 3.77.